The Labute approximate surface area is 323 Å². The Morgan fingerprint density at radius 2 is 0.857 bits per heavy atom. The van der Waals surface area contributed by atoms with Gasteiger partial charge in [0.15, 0.2) is 5.82 Å². The van der Waals surface area contributed by atoms with Crippen LogP contribution in [-0.4, -0.2) is 14.5 Å². The van der Waals surface area contributed by atoms with Gasteiger partial charge in [0.05, 0.1) is 22.1 Å². The van der Waals surface area contributed by atoms with Crippen LogP contribution in [0.5, 0.6) is 0 Å². The van der Waals surface area contributed by atoms with Gasteiger partial charge in [0, 0.05) is 33.0 Å². The van der Waals surface area contributed by atoms with Crippen LogP contribution in [-0.2, 0) is 0 Å². The van der Waals surface area contributed by atoms with E-state index in [0.29, 0.717) is 11.5 Å². The topological polar surface area (TPSA) is 43.9 Å². The zero-order valence-electron chi connectivity index (χ0n) is 30.3. The van der Waals surface area contributed by atoms with Crippen LogP contribution >= 0.6 is 0 Å². The van der Waals surface area contributed by atoms with Gasteiger partial charge >= 0.3 is 0 Å². The van der Waals surface area contributed by atoms with Gasteiger partial charge in [-0.3, -0.25) is 0 Å². The average Bonchev–Trinajstić information content (AvgIpc) is 3.82. The van der Waals surface area contributed by atoms with Crippen molar-refractivity contribution in [2.45, 2.75) is 0 Å². The molecule has 0 saturated heterocycles. The second-order valence-electron chi connectivity index (χ2n) is 14.2. The number of para-hydroxylation sites is 2. The van der Waals surface area contributed by atoms with E-state index in [1.54, 1.807) is 0 Å². The predicted molar refractivity (Wildman–Crippen MR) is 231 cm³/mol. The Morgan fingerprint density at radius 1 is 0.357 bits per heavy atom. The quantitative estimate of drug-likeness (QED) is 0.172. The van der Waals surface area contributed by atoms with Gasteiger partial charge in [-0.25, -0.2) is 4.98 Å². The van der Waals surface area contributed by atoms with Gasteiger partial charge in [-0.05, 0) is 88.0 Å². The molecule has 0 atom stereocenters. The first kappa shape index (κ1) is 31.9. The molecule has 8 aromatic carbocycles. The molecular formula is C52H33N3O. The number of hydrogen-bond acceptors (Lipinski definition) is 3. The first-order valence-corrected chi connectivity index (χ1v) is 18.9. The third-order valence-corrected chi connectivity index (χ3v) is 10.8. The maximum Gasteiger partial charge on any atom is 0.231 e. The fourth-order valence-electron chi connectivity index (χ4n) is 8.14. The summed E-state index contributed by atoms with van der Waals surface area (Å²) in [5.74, 6) is 0.638. The van der Waals surface area contributed by atoms with E-state index in [2.05, 4.69) is 156 Å². The summed E-state index contributed by atoms with van der Waals surface area (Å²) in [5, 5.41) is 4.38. The van der Waals surface area contributed by atoms with Crippen LogP contribution in [0.3, 0.4) is 0 Å². The number of rotatable bonds is 6. The second kappa shape index (κ2) is 13.1. The van der Waals surface area contributed by atoms with Gasteiger partial charge in [-0.2, -0.15) is 4.98 Å². The lowest BCUT2D eigenvalue weighted by atomic mass is 9.96. The van der Waals surface area contributed by atoms with Crippen molar-refractivity contribution in [1.82, 2.24) is 14.5 Å². The third kappa shape index (κ3) is 5.39. The smallest absolute Gasteiger partial charge is 0.231 e. The molecule has 0 amide bonds. The highest BCUT2D eigenvalue weighted by Gasteiger charge is 2.19. The van der Waals surface area contributed by atoms with Crippen molar-refractivity contribution in [3.8, 4) is 61.7 Å². The van der Waals surface area contributed by atoms with Gasteiger partial charge in [-0.1, -0.05) is 146 Å². The minimum Gasteiger partial charge on any atom is -0.438 e. The van der Waals surface area contributed by atoms with Crippen molar-refractivity contribution >= 4 is 43.9 Å². The second-order valence-corrected chi connectivity index (χ2v) is 14.2. The maximum atomic E-state index is 6.32. The Balaban J connectivity index is 1.04. The molecule has 0 aliphatic carbocycles. The van der Waals surface area contributed by atoms with Crippen LogP contribution in [0.2, 0.25) is 0 Å². The number of hydrogen-bond donors (Lipinski definition) is 0. The summed E-state index contributed by atoms with van der Waals surface area (Å²) in [4.78, 5) is 10.1. The molecule has 56 heavy (non-hydrogen) atoms. The number of furan rings is 1. The summed E-state index contributed by atoms with van der Waals surface area (Å²) in [6, 6.07) is 70.7. The highest BCUT2D eigenvalue weighted by Crippen LogP contribution is 2.40. The van der Waals surface area contributed by atoms with Gasteiger partial charge < -0.3 is 8.98 Å². The standard InChI is InChI=1S/C52H33N3O/c1-4-14-34(15-5-1)39-26-28-46-44(32-39)45-33-40(27-29-47(45)55(46)42-22-8-3-9-23-42)37-19-12-18-36(30-37)38-20-13-21-41(31-38)50-49-43-24-10-11-25-48(43)56-52(49)54-51(53-50)35-16-6-2-7-17-35/h1-33H. The van der Waals surface area contributed by atoms with E-state index in [1.807, 2.05) is 48.5 Å². The molecule has 11 aromatic rings. The largest absolute Gasteiger partial charge is 0.438 e. The van der Waals surface area contributed by atoms with E-state index in [9.17, 15) is 0 Å². The molecule has 0 N–H and O–H groups in total. The van der Waals surface area contributed by atoms with Crippen LogP contribution in [0, 0.1) is 0 Å². The molecule has 0 radical (unpaired) electrons. The van der Waals surface area contributed by atoms with Gasteiger partial charge in [0.25, 0.3) is 0 Å². The highest BCUT2D eigenvalue weighted by atomic mass is 16.3. The third-order valence-electron chi connectivity index (χ3n) is 10.8. The van der Waals surface area contributed by atoms with Crippen molar-refractivity contribution in [3.05, 3.63) is 200 Å². The molecule has 0 aliphatic rings. The van der Waals surface area contributed by atoms with Crippen LogP contribution in [0.1, 0.15) is 0 Å². The molecule has 0 saturated carbocycles. The van der Waals surface area contributed by atoms with Gasteiger partial charge in [-0.15, -0.1) is 0 Å². The van der Waals surface area contributed by atoms with Gasteiger partial charge in [0.1, 0.15) is 5.58 Å². The molecule has 0 aliphatic heterocycles. The normalized spacial score (nSPS) is 11.6. The number of fused-ring (bicyclic) bond motifs is 6. The van der Waals surface area contributed by atoms with Crippen LogP contribution in [0.4, 0.5) is 0 Å². The molecule has 0 unspecified atom stereocenters. The van der Waals surface area contributed by atoms with Crippen LogP contribution < -0.4 is 0 Å². The maximum absolute atomic E-state index is 6.32. The van der Waals surface area contributed by atoms with E-state index in [-0.39, 0.29) is 0 Å². The Morgan fingerprint density at radius 3 is 1.52 bits per heavy atom. The number of nitrogens with zero attached hydrogens (tertiary/aromatic N) is 3. The molecule has 3 aromatic heterocycles. The number of benzene rings is 8. The Kier molecular flexibility index (Phi) is 7.46. The van der Waals surface area contributed by atoms with E-state index in [4.69, 9.17) is 14.4 Å². The summed E-state index contributed by atoms with van der Waals surface area (Å²) in [5.41, 5.74) is 14.7. The molecular weight excluding hydrogens is 683 g/mol. The lowest BCUT2D eigenvalue weighted by Gasteiger charge is -2.11. The van der Waals surface area contributed by atoms with Crippen molar-refractivity contribution in [3.63, 3.8) is 0 Å². The first-order valence-electron chi connectivity index (χ1n) is 18.9. The van der Waals surface area contributed by atoms with E-state index in [1.165, 1.54) is 38.5 Å². The molecule has 262 valence electrons. The summed E-state index contributed by atoms with van der Waals surface area (Å²) < 4.78 is 8.69. The van der Waals surface area contributed by atoms with E-state index >= 15 is 0 Å². The monoisotopic (exact) mass is 715 g/mol. The lowest BCUT2D eigenvalue weighted by molar-refractivity contribution is 0.653. The van der Waals surface area contributed by atoms with Crippen LogP contribution in [0.25, 0.3) is 106 Å². The summed E-state index contributed by atoms with van der Waals surface area (Å²) in [6.07, 6.45) is 0. The van der Waals surface area contributed by atoms with Crippen molar-refractivity contribution in [2.75, 3.05) is 0 Å². The zero-order chi connectivity index (χ0) is 37.0. The van der Waals surface area contributed by atoms with Gasteiger partial charge in [0.2, 0.25) is 5.71 Å². The highest BCUT2D eigenvalue weighted by molar-refractivity contribution is 6.12. The molecule has 3 heterocycles. The molecule has 11 rings (SSSR count). The molecule has 4 nitrogen and oxygen atoms in total. The van der Waals surface area contributed by atoms with Crippen molar-refractivity contribution in [1.29, 1.82) is 0 Å². The fraction of sp³-hybridized carbons (Fsp3) is 0. The Bertz CT molecular complexity index is 3240. The summed E-state index contributed by atoms with van der Waals surface area (Å²) in [6.45, 7) is 0. The lowest BCUT2D eigenvalue weighted by Crippen LogP contribution is -1.94. The van der Waals surface area contributed by atoms with Crippen LogP contribution in [0.15, 0.2) is 205 Å². The Hall–Kier alpha value is -7.56. The van der Waals surface area contributed by atoms with E-state index < -0.39 is 0 Å². The SMILES string of the molecule is c1ccc(-c2ccc3c(c2)c2cc(-c4cccc(-c5cccc(-c6nc(-c7ccccc7)nc7oc8ccccc8c67)c5)c4)ccc2n3-c2ccccc2)cc1. The minimum atomic E-state index is 0.586. The van der Waals surface area contributed by atoms with E-state index in [0.717, 1.165) is 55.6 Å². The van der Waals surface area contributed by atoms with Crippen molar-refractivity contribution in [2.24, 2.45) is 0 Å². The minimum absolute atomic E-state index is 0.586. The summed E-state index contributed by atoms with van der Waals surface area (Å²) >= 11 is 0. The predicted octanol–water partition coefficient (Wildman–Crippen LogP) is 13.8. The number of aromatic nitrogens is 3. The molecule has 0 bridgehead atoms. The average molecular weight is 716 g/mol. The first-order chi connectivity index (χ1) is 27.7. The fourth-order valence-corrected chi connectivity index (χ4v) is 8.14. The molecule has 0 fully saturated rings. The zero-order valence-corrected chi connectivity index (χ0v) is 30.3. The molecule has 0 spiro atoms. The van der Waals surface area contributed by atoms with Crippen molar-refractivity contribution < 1.29 is 4.42 Å². The summed E-state index contributed by atoms with van der Waals surface area (Å²) in [7, 11) is 0. The molecule has 4 heteroatoms.